The first-order valence-corrected chi connectivity index (χ1v) is 7.34. The van der Waals surface area contributed by atoms with Gasteiger partial charge in [0.25, 0.3) is 0 Å². The molecular formula is C18H30O2. The SMILES string of the molecule is CC(C)(C)CC(C)(C)c1ccc(O)c(C(C)(C)CO)c1. The molecule has 0 heterocycles. The van der Waals surface area contributed by atoms with Gasteiger partial charge >= 0.3 is 0 Å². The minimum absolute atomic E-state index is 0.0176. The van der Waals surface area contributed by atoms with Crippen molar-refractivity contribution < 1.29 is 10.2 Å². The standard InChI is InChI=1S/C18H30O2/c1-16(2,3)11-17(4,5)13-8-9-15(20)14(10-13)18(6,7)12-19/h8-10,19-20H,11-12H2,1-7H3. The van der Waals surface area contributed by atoms with Gasteiger partial charge in [-0.25, -0.2) is 0 Å². The van der Waals surface area contributed by atoms with E-state index in [1.165, 1.54) is 5.56 Å². The van der Waals surface area contributed by atoms with E-state index >= 15 is 0 Å². The van der Waals surface area contributed by atoms with Crippen LogP contribution in [0.4, 0.5) is 0 Å². The highest BCUT2D eigenvalue weighted by Crippen LogP contribution is 2.39. The van der Waals surface area contributed by atoms with E-state index in [-0.39, 0.29) is 23.2 Å². The van der Waals surface area contributed by atoms with Crippen LogP contribution in [-0.4, -0.2) is 16.8 Å². The molecule has 0 aromatic heterocycles. The van der Waals surface area contributed by atoms with E-state index in [9.17, 15) is 10.2 Å². The van der Waals surface area contributed by atoms with Crippen LogP contribution in [0.2, 0.25) is 0 Å². The van der Waals surface area contributed by atoms with Gasteiger partial charge in [-0.05, 0) is 28.9 Å². The first kappa shape index (κ1) is 17.0. The van der Waals surface area contributed by atoms with Gasteiger partial charge in [-0.15, -0.1) is 0 Å². The fourth-order valence-electron chi connectivity index (χ4n) is 3.01. The topological polar surface area (TPSA) is 40.5 Å². The molecule has 0 aliphatic heterocycles. The molecule has 0 fully saturated rings. The third-order valence-corrected chi connectivity index (χ3v) is 3.87. The highest BCUT2D eigenvalue weighted by Gasteiger charge is 2.30. The number of aliphatic hydroxyl groups excluding tert-OH is 1. The van der Waals surface area contributed by atoms with Gasteiger partial charge in [0.05, 0.1) is 6.61 Å². The lowest BCUT2D eigenvalue weighted by atomic mass is 9.71. The Kier molecular flexibility index (Phi) is 4.60. The van der Waals surface area contributed by atoms with E-state index in [1.54, 1.807) is 6.07 Å². The van der Waals surface area contributed by atoms with Crippen LogP contribution in [0.3, 0.4) is 0 Å². The summed E-state index contributed by atoms with van der Waals surface area (Å²) in [6, 6.07) is 5.81. The maximum Gasteiger partial charge on any atom is 0.119 e. The Morgan fingerprint density at radius 1 is 0.900 bits per heavy atom. The normalized spacial score (nSPS) is 13.6. The lowest BCUT2D eigenvalue weighted by Gasteiger charge is -2.34. The minimum Gasteiger partial charge on any atom is -0.508 e. The van der Waals surface area contributed by atoms with Crippen molar-refractivity contribution in [3.63, 3.8) is 0 Å². The zero-order chi connectivity index (χ0) is 15.8. The van der Waals surface area contributed by atoms with E-state index in [4.69, 9.17) is 0 Å². The van der Waals surface area contributed by atoms with Crippen molar-refractivity contribution in [3.8, 4) is 5.75 Å². The summed E-state index contributed by atoms with van der Waals surface area (Å²) in [5.41, 5.74) is 1.87. The van der Waals surface area contributed by atoms with Crippen LogP contribution in [0.5, 0.6) is 5.75 Å². The van der Waals surface area contributed by atoms with Crippen LogP contribution in [0, 0.1) is 5.41 Å². The van der Waals surface area contributed by atoms with Gasteiger partial charge in [0.15, 0.2) is 0 Å². The van der Waals surface area contributed by atoms with Gasteiger partial charge in [-0.2, -0.15) is 0 Å². The van der Waals surface area contributed by atoms with Gasteiger partial charge in [0.1, 0.15) is 5.75 Å². The molecule has 2 heteroatoms. The Balaban J connectivity index is 3.25. The molecular weight excluding hydrogens is 248 g/mol. The second-order valence-electron chi connectivity index (χ2n) is 8.40. The number of hydrogen-bond donors (Lipinski definition) is 2. The predicted molar refractivity (Wildman–Crippen MR) is 85.3 cm³/mol. The summed E-state index contributed by atoms with van der Waals surface area (Å²) in [6.07, 6.45) is 1.06. The third-order valence-electron chi connectivity index (χ3n) is 3.87. The summed E-state index contributed by atoms with van der Waals surface area (Å²) in [5.74, 6) is 0.263. The van der Waals surface area contributed by atoms with Gasteiger partial charge in [0.2, 0.25) is 0 Å². The molecule has 0 amide bonds. The number of benzene rings is 1. The summed E-state index contributed by atoms with van der Waals surface area (Å²) >= 11 is 0. The van der Waals surface area contributed by atoms with Crippen molar-refractivity contribution in [3.05, 3.63) is 29.3 Å². The number of rotatable bonds is 4. The zero-order valence-corrected chi connectivity index (χ0v) is 14.0. The van der Waals surface area contributed by atoms with E-state index < -0.39 is 5.41 Å². The number of phenolic OH excluding ortho intramolecular Hbond substituents is 1. The average Bonchev–Trinajstić information content (AvgIpc) is 2.25. The number of phenols is 1. The van der Waals surface area contributed by atoms with Crippen molar-refractivity contribution in [2.45, 2.75) is 65.7 Å². The van der Waals surface area contributed by atoms with Crippen molar-refractivity contribution >= 4 is 0 Å². The minimum atomic E-state index is -0.433. The Bertz CT molecular complexity index is 465. The molecule has 0 radical (unpaired) electrons. The smallest absolute Gasteiger partial charge is 0.119 e. The largest absolute Gasteiger partial charge is 0.508 e. The Morgan fingerprint density at radius 2 is 1.45 bits per heavy atom. The van der Waals surface area contributed by atoms with Crippen LogP contribution < -0.4 is 0 Å². The number of aliphatic hydroxyl groups is 1. The van der Waals surface area contributed by atoms with Gasteiger partial charge in [0, 0.05) is 11.0 Å². The molecule has 1 rings (SSSR count). The van der Waals surface area contributed by atoms with Crippen LogP contribution in [0.15, 0.2) is 18.2 Å². The molecule has 114 valence electrons. The highest BCUT2D eigenvalue weighted by molar-refractivity contribution is 5.43. The maximum atomic E-state index is 10.1. The highest BCUT2D eigenvalue weighted by atomic mass is 16.3. The van der Waals surface area contributed by atoms with Crippen LogP contribution in [0.25, 0.3) is 0 Å². The molecule has 2 nitrogen and oxygen atoms in total. The molecule has 0 bridgehead atoms. The lowest BCUT2D eigenvalue weighted by molar-refractivity contribution is 0.215. The molecule has 0 atom stereocenters. The van der Waals surface area contributed by atoms with Crippen LogP contribution >= 0.6 is 0 Å². The molecule has 0 saturated carbocycles. The molecule has 2 N–H and O–H groups in total. The molecule has 1 aromatic carbocycles. The summed E-state index contributed by atoms with van der Waals surface area (Å²) in [4.78, 5) is 0. The lowest BCUT2D eigenvalue weighted by Crippen LogP contribution is -2.27. The summed E-state index contributed by atoms with van der Waals surface area (Å²) in [5, 5.41) is 19.6. The summed E-state index contributed by atoms with van der Waals surface area (Å²) in [7, 11) is 0. The molecule has 20 heavy (non-hydrogen) atoms. The molecule has 0 aliphatic rings. The van der Waals surface area contributed by atoms with E-state index in [0.717, 1.165) is 12.0 Å². The van der Waals surface area contributed by atoms with Gasteiger partial charge in [-0.1, -0.05) is 60.6 Å². The first-order chi connectivity index (χ1) is 8.89. The molecule has 1 aromatic rings. The first-order valence-electron chi connectivity index (χ1n) is 7.34. The van der Waals surface area contributed by atoms with Crippen LogP contribution in [0.1, 0.15) is 66.0 Å². The quantitative estimate of drug-likeness (QED) is 0.858. The van der Waals surface area contributed by atoms with Crippen molar-refractivity contribution in [1.29, 1.82) is 0 Å². The van der Waals surface area contributed by atoms with E-state index in [2.05, 4.69) is 40.7 Å². The van der Waals surface area contributed by atoms with E-state index in [0.29, 0.717) is 0 Å². The molecule has 0 aliphatic carbocycles. The Morgan fingerprint density at radius 3 is 1.90 bits per heavy atom. The van der Waals surface area contributed by atoms with Gasteiger partial charge in [-0.3, -0.25) is 0 Å². The Hall–Kier alpha value is -1.02. The fraction of sp³-hybridized carbons (Fsp3) is 0.667. The Labute approximate surface area is 123 Å². The van der Waals surface area contributed by atoms with Crippen LogP contribution in [-0.2, 0) is 10.8 Å². The van der Waals surface area contributed by atoms with Crippen molar-refractivity contribution in [1.82, 2.24) is 0 Å². The maximum absolute atomic E-state index is 10.1. The predicted octanol–water partition coefficient (Wildman–Crippen LogP) is 4.38. The summed E-state index contributed by atoms with van der Waals surface area (Å²) < 4.78 is 0. The second-order valence-corrected chi connectivity index (χ2v) is 8.40. The monoisotopic (exact) mass is 278 g/mol. The number of aromatic hydroxyl groups is 1. The zero-order valence-electron chi connectivity index (χ0n) is 14.0. The summed E-state index contributed by atoms with van der Waals surface area (Å²) in [6.45, 7) is 15.1. The second kappa shape index (κ2) is 5.40. The van der Waals surface area contributed by atoms with Crippen molar-refractivity contribution in [2.24, 2.45) is 5.41 Å². The third kappa shape index (κ3) is 3.99. The fourth-order valence-corrected chi connectivity index (χ4v) is 3.01. The number of hydrogen-bond acceptors (Lipinski definition) is 2. The average molecular weight is 278 g/mol. The molecule has 0 saturated heterocycles. The van der Waals surface area contributed by atoms with Crippen molar-refractivity contribution in [2.75, 3.05) is 6.61 Å². The van der Waals surface area contributed by atoms with Gasteiger partial charge < -0.3 is 10.2 Å². The molecule has 0 unspecified atom stereocenters. The van der Waals surface area contributed by atoms with E-state index in [1.807, 2.05) is 19.9 Å². The molecule has 0 spiro atoms.